The average Bonchev–Trinajstić information content (AvgIpc) is 2.90. The normalized spacial score (nSPS) is 42.1. The van der Waals surface area contributed by atoms with Crippen molar-refractivity contribution in [1.82, 2.24) is 0 Å². The van der Waals surface area contributed by atoms with Crippen molar-refractivity contribution in [3.63, 3.8) is 0 Å². The summed E-state index contributed by atoms with van der Waals surface area (Å²) in [6.07, 6.45) is 11.7. The van der Waals surface area contributed by atoms with E-state index in [4.69, 9.17) is 9.47 Å². The molecule has 24 heavy (non-hydrogen) atoms. The smallest absolute Gasteiger partial charge is 0.170 e. The van der Waals surface area contributed by atoms with Gasteiger partial charge in [0.1, 0.15) is 5.78 Å². The lowest BCUT2D eigenvalue weighted by Crippen LogP contribution is -2.45. The Kier molecular flexibility index (Phi) is 5.42. The van der Waals surface area contributed by atoms with Crippen molar-refractivity contribution in [3.8, 4) is 0 Å². The molecule has 3 aliphatic rings. The number of ketones is 1. The Morgan fingerprint density at radius 1 is 1.08 bits per heavy atom. The van der Waals surface area contributed by atoms with Crippen LogP contribution in [0.4, 0.5) is 0 Å². The second-order valence-corrected chi connectivity index (χ2v) is 8.98. The Balaban J connectivity index is 1.59. The third-order valence-electron chi connectivity index (χ3n) is 7.95. The van der Waals surface area contributed by atoms with Crippen LogP contribution in [0.15, 0.2) is 0 Å². The highest BCUT2D eigenvalue weighted by atomic mass is 16.7. The van der Waals surface area contributed by atoms with Crippen molar-refractivity contribution < 1.29 is 14.3 Å². The number of carbonyl (C=O) groups excluding carboxylic acids is 1. The zero-order valence-electron chi connectivity index (χ0n) is 16.1. The molecule has 0 aromatic heterocycles. The van der Waals surface area contributed by atoms with E-state index in [2.05, 4.69) is 13.8 Å². The van der Waals surface area contributed by atoms with Crippen LogP contribution in [-0.2, 0) is 14.3 Å². The first kappa shape index (κ1) is 18.4. The van der Waals surface area contributed by atoms with E-state index >= 15 is 0 Å². The Morgan fingerprint density at radius 2 is 1.83 bits per heavy atom. The summed E-state index contributed by atoms with van der Waals surface area (Å²) in [4.78, 5) is 12.3. The lowest BCUT2D eigenvalue weighted by Gasteiger charge is -2.45. The van der Waals surface area contributed by atoms with Gasteiger partial charge in [-0.05, 0) is 56.3 Å². The summed E-state index contributed by atoms with van der Waals surface area (Å²) in [7, 11) is 3.58. The van der Waals surface area contributed by atoms with Crippen LogP contribution in [0.2, 0.25) is 0 Å². The van der Waals surface area contributed by atoms with Crippen molar-refractivity contribution in [3.05, 3.63) is 0 Å². The second-order valence-electron chi connectivity index (χ2n) is 8.98. The van der Waals surface area contributed by atoms with Crippen molar-refractivity contribution >= 4 is 5.78 Å². The van der Waals surface area contributed by atoms with Gasteiger partial charge >= 0.3 is 0 Å². The van der Waals surface area contributed by atoms with E-state index in [0.29, 0.717) is 23.5 Å². The molecule has 5 unspecified atom stereocenters. The quantitative estimate of drug-likeness (QED) is 0.664. The van der Waals surface area contributed by atoms with E-state index in [0.717, 1.165) is 31.6 Å². The fourth-order valence-electron chi connectivity index (χ4n) is 6.22. The third-order valence-corrected chi connectivity index (χ3v) is 7.95. The highest BCUT2D eigenvalue weighted by molar-refractivity contribution is 5.87. The van der Waals surface area contributed by atoms with Crippen molar-refractivity contribution in [2.24, 2.45) is 29.1 Å². The van der Waals surface area contributed by atoms with Crippen LogP contribution >= 0.6 is 0 Å². The van der Waals surface area contributed by atoms with Gasteiger partial charge in [0.15, 0.2) is 5.79 Å². The van der Waals surface area contributed by atoms with Crippen LogP contribution in [0.3, 0.4) is 0 Å². The lowest BCUT2D eigenvalue weighted by atomic mass is 9.62. The molecule has 5 atom stereocenters. The first-order chi connectivity index (χ1) is 11.4. The summed E-state index contributed by atoms with van der Waals surface area (Å²) in [6, 6.07) is 0. The van der Waals surface area contributed by atoms with E-state index in [1.165, 1.54) is 38.5 Å². The fraction of sp³-hybridized carbons (Fsp3) is 0.952. The molecule has 3 fully saturated rings. The molecule has 3 heteroatoms. The molecular weight excluding hydrogens is 300 g/mol. The summed E-state index contributed by atoms with van der Waals surface area (Å²) >= 11 is 0. The minimum Gasteiger partial charge on any atom is -0.353 e. The van der Waals surface area contributed by atoms with Gasteiger partial charge in [-0.3, -0.25) is 4.79 Å². The molecule has 0 aromatic carbocycles. The zero-order valence-corrected chi connectivity index (χ0v) is 16.1. The highest BCUT2D eigenvalue weighted by Crippen LogP contribution is 2.54. The predicted octanol–water partition coefficient (Wildman–Crippen LogP) is 4.98. The molecule has 138 valence electrons. The van der Waals surface area contributed by atoms with Gasteiger partial charge in [0.25, 0.3) is 0 Å². The topological polar surface area (TPSA) is 35.5 Å². The average molecular weight is 337 g/mol. The molecule has 3 saturated carbocycles. The molecule has 0 spiro atoms. The maximum Gasteiger partial charge on any atom is 0.170 e. The van der Waals surface area contributed by atoms with Gasteiger partial charge in [-0.15, -0.1) is 0 Å². The van der Waals surface area contributed by atoms with Gasteiger partial charge in [-0.2, -0.15) is 0 Å². The van der Waals surface area contributed by atoms with Crippen molar-refractivity contribution in [2.45, 2.75) is 83.8 Å². The van der Waals surface area contributed by atoms with E-state index in [1.807, 2.05) is 0 Å². The summed E-state index contributed by atoms with van der Waals surface area (Å²) in [5, 5.41) is 0. The molecule has 3 aliphatic carbocycles. The molecule has 0 bridgehead atoms. The number of carbonyl (C=O) groups is 1. The predicted molar refractivity (Wildman–Crippen MR) is 95.7 cm³/mol. The summed E-state index contributed by atoms with van der Waals surface area (Å²) in [6.45, 7) is 4.50. The van der Waals surface area contributed by atoms with Crippen LogP contribution in [-0.4, -0.2) is 25.8 Å². The Morgan fingerprint density at radius 3 is 2.54 bits per heavy atom. The summed E-state index contributed by atoms with van der Waals surface area (Å²) in [5.41, 5.74) is 0.00676. The van der Waals surface area contributed by atoms with Crippen LogP contribution in [0.5, 0.6) is 0 Å². The minimum absolute atomic E-state index is 0.00676. The molecule has 3 rings (SSSR count). The number of fused-ring (bicyclic) bond motifs is 1. The fourth-order valence-corrected chi connectivity index (χ4v) is 6.22. The van der Waals surface area contributed by atoms with E-state index in [1.54, 1.807) is 14.2 Å². The Bertz CT molecular complexity index is 456. The lowest BCUT2D eigenvalue weighted by molar-refractivity contribution is -0.259. The Labute approximate surface area is 147 Å². The monoisotopic (exact) mass is 336 g/mol. The third kappa shape index (κ3) is 3.07. The Hall–Kier alpha value is -0.410. The van der Waals surface area contributed by atoms with Gasteiger partial charge in [-0.1, -0.05) is 26.7 Å². The molecule has 0 radical (unpaired) electrons. The summed E-state index contributed by atoms with van der Waals surface area (Å²) in [5.74, 6) is 2.74. The second kappa shape index (κ2) is 7.07. The van der Waals surface area contributed by atoms with Gasteiger partial charge < -0.3 is 9.47 Å². The van der Waals surface area contributed by atoms with Crippen LogP contribution in [0.1, 0.15) is 78.1 Å². The summed E-state index contributed by atoms with van der Waals surface area (Å²) < 4.78 is 11.6. The van der Waals surface area contributed by atoms with Gasteiger partial charge in [0.2, 0.25) is 0 Å². The van der Waals surface area contributed by atoms with Crippen molar-refractivity contribution in [1.29, 1.82) is 0 Å². The molecule has 0 aromatic rings. The number of ether oxygens (including phenoxy) is 2. The van der Waals surface area contributed by atoms with Crippen LogP contribution in [0, 0.1) is 29.1 Å². The van der Waals surface area contributed by atoms with Crippen LogP contribution in [0.25, 0.3) is 0 Å². The largest absolute Gasteiger partial charge is 0.353 e. The number of Topliss-reactive ketones (excluding diaryl/α,β-unsaturated/α-hetero) is 1. The maximum atomic E-state index is 12.3. The zero-order chi connectivity index (χ0) is 17.4. The molecule has 0 saturated heterocycles. The first-order valence-corrected chi connectivity index (χ1v) is 10.1. The minimum atomic E-state index is -0.382. The maximum absolute atomic E-state index is 12.3. The number of methoxy groups -OCH3 is 2. The van der Waals surface area contributed by atoms with E-state index in [9.17, 15) is 4.79 Å². The number of hydrogen-bond donors (Lipinski definition) is 0. The molecule has 0 amide bonds. The highest BCUT2D eigenvalue weighted by Gasteiger charge is 2.50. The van der Waals surface area contributed by atoms with Gasteiger partial charge in [-0.25, -0.2) is 0 Å². The first-order valence-electron chi connectivity index (χ1n) is 10.1. The number of hydrogen-bond acceptors (Lipinski definition) is 3. The molecule has 0 aliphatic heterocycles. The van der Waals surface area contributed by atoms with Crippen molar-refractivity contribution in [2.75, 3.05) is 14.2 Å². The standard InChI is InChI=1S/C21H36O3/c1-15-7-8-16(14-21(15,23-3)24-4)9-10-17-6-5-13-20(2)18(17)11-12-19(20)22/h15-18H,5-14H2,1-4H3. The van der Waals surface area contributed by atoms with Gasteiger partial charge in [0, 0.05) is 38.4 Å². The molecule has 3 nitrogen and oxygen atoms in total. The van der Waals surface area contributed by atoms with E-state index < -0.39 is 0 Å². The SMILES string of the molecule is COC1(OC)CC(CCC2CCCC3(C)C(=O)CCC23)CCC1C. The molecular formula is C21H36O3. The van der Waals surface area contributed by atoms with E-state index in [-0.39, 0.29) is 11.2 Å². The molecule has 0 N–H and O–H groups in total. The molecule has 0 heterocycles. The van der Waals surface area contributed by atoms with Crippen LogP contribution < -0.4 is 0 Å². The van der Waals surface area contributed by atoms with Gasteiger partial charge in [0.05, 0.1) is 0 Å². The number of rotatable bonds is 5.